The van der Waals surface area contributed by atoms with Crippen molar-refractivity contribution in [3.05, 3.63) is 58.9 Å². The third kappa shape index (κ3) is 5.08. The fourth-order valence-electron chi connectivity index (χ4n) is 3.95. The smallest absolute Gasteiger partial charge is 0.434 e. The first-order valence-electron chi connectivity index (χ1n) is 11.5. The van der Waals surface area contributed by atoms with E-state index in [0.717, 1.165) is 24.7 Å². The lowest BCUT2D eigenvalue weighted by Crippen LogP contribution is -2.05. The van der Waals surface area contributed by atoms with Gasteiger partial charge in [0, 0.05) is 35.3 Å². The molecule has 1 fully saturated rings. The molecule has 0 bridgehead atoms. The van der Waals surface area contributed by atoms with E-state index in [1.165, 1.54) is 38.4 Å². The molecular weight excluding hydrogens is 525 g/mol. The number of rotatable bonds is 8. The Hall–Kier alpha value is -3.93. The second-order valence-electron chi connectivity index (χ2n) is 8.64. The largest absolute Gasteiger partial charge is 0.490 e. The first-order chi connectivity index (χ1) is 18.2. The van der Waals surface area contributed by atoms with Gasteiger partial charge < -0.3 is 18.8 Å². The van der Waals surface area contributed by atoms with E-state index in [1.807, 2.05) is 0 Å². The summed E-state index contributed by atoms with van der Waals surface area (Å²) in [7, 11) is 4.48. The summed E-state index contributed by atoms with van der Waals surface area (Å²) in [6, 6.07) is 4.83. The van der Waals surface area contributed by atoms with Crippen LogP contribution in [0, 0.1) is 0 Å². The molecule has 3 heterocycles. The summed E-state index contributed by atoms with van der Waals surface area (Å²) in [6.45, 7) is 0.0121. The monoisotopic (exact) mass is 546 g/mol. The van der Waals surface area contributed by atoms with E-state index < -0.39 is 11.9 Å². The molecule has 0 spiro atoms. The van der Waals surface area contributed by atoms with Crippen LogP contribution >= 0.6 is 11.6 Å². The Morgan fingerprint density at radius 2 is 1.84 bits per heavy atom. The van der Waals surface area contributed by atoms with Crippen LogP contribution in [0.25, 0.3) is 22.8 Å². The zero-order valence-corrected chi connectivity index (χ0v) is 21.3. The van der Waals surface area contributed by atoms with Crippen molar-refractivity contribution in [1.29, 1.82) is 0 Å². The average molecular weight is 547 g/mol. The van der Waals surface area contributed by atoms with Gasteiger partial charge in [-0.05, 0) is 18.9 Å². The summed E-state index contributed by atoms with van der Waals surface area (Å²) in [5, 5.41) is 0.293. The van der Waals surface area contributed by atoms with E-state index in [0.29, 0.717) is 45.1 Å². The van der Waals surface area contributed by atoms with Crippen LogP contribution < -0.4 is 14.2 Å². The number of aryl methyl sites for hydroxylation is 1. The number of nitrogens with zero attached hydrogens (tertiary/aromatic N) is 6. The second kappa shape index (κ2) is 10.1. The Labute approximate surface area is 220 Å². The Bertz CT molecular complexity index is 1490. The first kappa shape index (κ1) is 25.7. The Morgan fingerprint density at radius 3 is 2.47 bits per heavy atom. The van der Waals surface area contributed by atoms with Crippen LogP contribution in [0.4, 0.5) is 13.2 Å². The number of methoxy groups -OCH3 is 2. The van der Waals surface area contributed by atoms with Crippen LogP contribution in [0.15, 0.2) is 36.9 Å². The number of benzene rings is 1. The number of imidazole rings is 1. The normalized spacial score (nSPS) is 13.4. The third-order valence-corrected chi connectivity index (χ3v) is 6.36. The maximum absolute atomic E-state index is 13.1. The molecule has 198 valence electrons. The highest BCUT2D eigenvalue weighted by Crippen LogP contribution is 2.45. The molecule has 5 rings (SSSR count). The number of alkyl halides is 3. The summed E-state index contributed by atoms with van der Waals surface area (Å²) in [5.41, 5.74) is 1.45. The molecule has 3 aromatic heterocycles. The SMILES string of the molecule is COc1cnc(-c2c(OC)ncnc2C2CC2)nc1OCc1ccc(-c2nc(C(F)(F)F)cn2C)cc1Cl. The van der Waals surface area contributed by atoms with Gasteiger partial charge in [0.2, 0.25) is 5.88 Å². The standard InChI is InChI=1S/C25H22ClF3N6O3/c1-35-10-18(25(27,28)29)33-22(35)14-6-7-15(16(26)8-14)11-38-23-17(36-2)9-30-21(34-23)19-20(13-4-5-13)31-12-32-24(19)37-3/h6-10,12-13H,4-5,11H2,1-3H3. The zero-order valence-electron chi connectivity index (χ0n) is 20.6. The molecule has 1 aromatic carbocycles. The molecule has 0 atom stereocenters. The van der Waals surface area contributed by atoms with Gasteiger partial charge in [-0.1, -0.05) is 23.7 Å². The maximum Gasteiger partial charge on any atom is 0.434 e. The van der Waals surface area contributed by atoms with E-state index in [1.54, 1.807) is 18.2 Å². The van der Waals surface area contributed by atoms with E-state index in [9.17, 15) is 13.2 Å². The highest BCUT2D eigenvalue weighted by molar-refractivity contribution is 6.31. The predicted molar refractivity (Wildman–Crippen MR) is 131 cm³/mol. The van der Waals surface area contributed by atoms with E-state index in [2.05, 4.69) is 24.9 Å². The topological polar surface area (TPSA) is 97.1 Å². The minimum Gasteiger partial charge on any atom is -0.490 e. The van der Waals surface area contributed by atoms with Crippen LogP contribution in [-0.2, 0) is 19.8 Å². The van der Waals surface area contributed by atoms with E-state index >= 15 is 0 Å². The Kier molecular flexibility index (Phi) is 6.82. The molecule has 0 amide bonds. The Morgan fingerprint density at radius 1 is 1.05 bits per heavy atom. The molecule has 0 aliphatic heterocycles. The van der Waals surface area contributed by atoms with Crippen LogP contribution in [0.2, 0.25) is 5.02 Å². The molecule has 38 heavy (non-hydrogen) atoms. The van der Waals surface area contributed by atoms with Crippen molar-refractivity contribution in [1.82, 2.24) is 29.5 Å². The minimum atomic E-state index is -4.54. The lowest BCUT2D eigenvalue weighted by molar-refractivity contribution is -0.140. The maximum atomic E-state index is 13.1. The lowest BCUT2D eigenvalue weighted by Gasteiger charge is -2.14. The highest BCUT2D eigenvalue weighted by atomic mass is 35.5. The number of halogens is 4. The van der Waals surface area contributed by atoms with Gasteiger partial charge in [0.1, 0.15) is 24.3 Å². The zero-order chi connectivity index (χ0) is 27.0. The van der Waals surface area contributed by atoms with Gasteiger partial charge in [0.05, 0.1) is 26.1 Å². The molecule has 4 aromatic rings. The van der Waals surface area contributed by atoms with E-state index in [4.69, 9.17) is 25.8 Å². The number of ether oxygens (including phenoxy) is 3. The molecule has 13 heteroatoms. The van der Waals surface area contributed by atoms with Crippen LogP contribution in [0.1, 0.15) is 35.7 Å². The van der Waals surface area contributed by atoms with Crippen LogP contribution in [-0.4, -0.2) is 43.7 Å². The van der Waals surface area contributed by atoms with Crippen molar-refractivity contribution in [2.75, 3.05) is 14.2 Å². The average Bonchev–Trinajstić information content (AvgIpc) is 3.67. The molecule has 9 nitrogen and oxygen atoms in total. The molecule has 0 unspecified atom stereocenters. The van der Waals surface area contributed by atoms with Crippen molar-refractivity contribution in [2.45, 2.75) is 31.5 Å². The molecule has 1 aliphatic rings. The third-order valence-electron chi connectivity index (χ3n) is 6.01. The van der Waals surface area contributed by atoms with Gasteiger partial charge in [-0.2, -0.15) is 18.2 Å². The molecule has 0 radical (unpaired) electrons. The molecule has 0 N–H and O–H groups in total. The summed E-state index contributed by atoms with van der Waals surface area (Å²) in [4.78, 5) is 21.3. The highest BCUT2D eigenvalue weighted by Gasteiger charge is 2.35. The van der Waals surface area contributed by atoms with Gasteiger partial charge >= 0.3 is 6.18 Å². The van der Waals surface area contributed by atoms with Gasteiger partial charge in [0.15, 0.2) is 17.3 Å². The van der Waals surface area contributed by atoms with E-state index in [-0.39, 0.29) is 18.3 Å². The van der Waals surface area contributed by atoms with Crippen molar-refractivity contribution >= 4 is 11.6 Å². The second-order valence-corrected chi connectivity index (χ2v) is 9.05. The fourth-order valence-corrected chi connectivity index (χ4v) is 4.19. The quantitative estimate of drug-likeness (QED) is 0.287. The van der Waals surface area contributed by atoms with Gasteiger partial charge in [0.25, 0.3) is 5.88 Å². The molecule has 0 saturated heterocycles. The summed E-state index contributed by atoms with van der Waals surface area (Å²) in [5.74, 6) is 1.60. The van der Waals surface area contributed by atoms with Crippen LogP contribution in [0.5, 0.6) is 17.5 Å². The summed E-state index contributed by atoms with van der Waals surface area (Å²) < 4.78 is 57.2. The van der Waals surface area contributed by atoms with Crippen molar-refractivity contribution < 1.29 is 27.4 Å². The summed E-state index contributed by atoms with van der Waals surface area (Å²) in [6.07, 6.45) is 1.36. The molecule has 1 aliphatic carbocycles. The Balaban J connectivity index is 1.41. The van der Waals surface area contributed by atoms with Crippen LogP contribution in [0.3, 0.4) is 0 Å². The number of hydrogen-bond acceptors (Lipinski definition) is 8. The molecular formula is C25H22ClF3N6O3. The van der Waals surface area contributed by atoms with Crippen molar-refractivity contribution in [3.8, 4) is 40.3 Å². The molecule has 1 saturated carbocycles. The van der Waals surface area contributed by atoms with Gasteiger partial charge in [-0.3, -0.25) is 0 Å². The number of aromatic nitrogens is 6. The lowest BCUT2D eigenvalue weighted by atomic mass is 10.1. The summed E-state index contributed by atoms with van der Waals surface area (Å²) >= 11 is 6.46. The van der Waals surface area contributed by atoms with Gasteiger partial charge in [-0.15, -0.1) is 0 Å². The van der Waals surface area contributed by atoms with Gasteiger partial charge in [-0.25, -0.2) is 19.9 Å². The fraction of sp³-hybridized carbons (Fsp3) is 0.320. The predicted octanol–water partition coefficient (Wildman–Crippen LogP) is 5.48. The van der Waals surface area contributed by atoms with Crippen molar-refractivity contribution in [2.24, 2.45) is 7.05 Å². The minimum absolute atomic E-state index is 0.0121. The first-order valence-corrected chi connectivity index (χ1v) is 11.9. The van der Waals surface area contributed by atoms with Crippen molar-refractivity contribution in [3.63, 3.8) is 0 Å². The number of hydrogen-bond donors (Lipinski definition) is 0.